The minimum Gasteiger partial charge on any atom is -0.486 e. The maximum Gasteiger partial charge on any atom is 0.194 e. The Morgan fingerprint density at radius 1 is 1.27 bits per heavy atom. The van der Waals surface area contributed by atoms with Crippen LogP contribution in [0.4, 0.5) is 0 Å². The Balaban J connectivity index is 1.49. The number of hydrogen-bond acceptors (Lipinski definition) is 4. The molecule has 6 nitrogen and oxygen atoms in total. The number of fused-ring (bicyclic) bond motifs is 1. The maximum atomic E-state index is 6.34. The molecule has 1 spiro atoms. The number of rotatable bonds is 3. The van der Waals surface area contributed by atoms with Crippen LogP contribution < -0.4 is 14.8 Å². The molecule has 4 rings (SSSR count). The molecule has 1 N–H and O–H groups in total. The van der Waals surface area contributed by atoms with Crippen molar-refractivity contribution < 1.29 is 14.2 Å². The average Bonchev–Trinajstić information content (AvgIpc) is 3.29. The van der Waals surface area contributed by atoms with E-state index >= 15 is 0 Å². The third-order valence-electron chi connectivity index (χ3n) is 5.33. The Bertz CT molecular complexity index is 689. The predicted octanol–water partition coefficient (Wildman–Crippen LogP) is 2.69. The molecule has 2 fully saturated rings. The molecule has 0 bridgehead atoms. The molecule has 1 aromatic rings. The molecule has 26 heavy (non-hydrogen) atoms. The minimum absolute atomic E-state index is 0.316. The highest BCUT2D eigenvalue weighted by atomic mass is 35.5. The SMILES string of the molecule is CCNC(=NCc1cc(Cl)c2c(c1)OCCO2)N1CCC2(CCOC2)C1. The smallest absolute Gasteiger partial charge is 0.194 e. The van der Waals surface area contributed by atoms with Crippen molar-refractivity contribution in [3.05, 3.63) is 22.7 Å². The van der Waals surface area contributed by atoms with Gasteiger partial charge in [0.15, 0.2) is 17.5 Å². The molecule has 2 saturated heterocycles. The van der Waals surface area contributed by atoms with Gasteiger partial charge in [-0.2, -0.15) is 0 Å². The molecule has 0 radical (unpaired) electrons. The van der Waals surface area contributed by atoms with Gasteiger partial charge in [-0.1, -0.05) is 11.6 Å². The summed E-state index contributed by atoms with van der Waals surface area (Å²) in [7, 11) is 0. The van der Waals surface area contributed by atoms with Crippen LogP contribution in [0.1, 0.15) is 25.3 Å². The number of benzene rings is 1. The molecule has 7 heteroatoms. The normalized spacial score (nSPS) is 25.2. The second-order valence-electron chi connectivity index (χ2n) is 7.25. The van der Waals surface area contributed by atoms with Crippen LogP contribution in [-0.2, 0) is 11.3 Å². The highest BCUT2D eigenvalue weighted by Gasteiger charge is 2.42. The summed E-state index contributed by atoms with van der Waals surface area (Å²) in [5.74, 6) is 2.31. The summed E-state index contributed by atoms with van der Waals surface area (Å²) in [6.45, 7) is 8.39. The van der Waals surface area contributed by atoms with Crippen LogP contribution in [-0.4, -0.2) is 56.9 Å². The van der Waals surface area contributed by atoms with Gasteiger partial charge in [-0.25, -0.2) is 4.99 Å². The first-order valence-electron chi connectivity index (χ1n) is 9.38. The average molecular weight is 380 g/mol. The van der Waals surface area contributed by atoms with E-state index in [1.54, 1.807) is 0 Å². The fraction of sp³-hybridized carbons (Fsp3) is 0.632. The van der Waals surface area contributed by atoms with Crippen LogP contribution in [0.3, 0.4) is 0 Å². The number of ether oxygens (including phenoxy) is 3. The fourth-order valence-corrected chi connectivity index (χ4v) is 4.22. The van der Waals surface area contributed by atoms with E-state index in [1.807, 2.05) is 12.1 Å². The Kier molecular flexibility index (Phi) is 5.14. The second kappa shape index (κ2) is 7.53. The predicted molar refractivity (Wildman–Crippen MR) is 101 cm³/mol. The van der Waals surface area contributed by atoms with Crippen molar-refractivity contribution in [3.8, 4) is 11.5 Å². The van der Waals surface area contributed by atoms with Crippen molar-refractivity contribution in [1.82, 2.24) is 10.2 Å². The molecule has 1 aromatic carbocycles. The Hall–Kier alpha value is -1.66. The van der Waals surface area contributed by atoms with E-state index in [4.69, 9.17) is 30.8 Å². The molecular formula is C19H26ClN3O3. The quantitative estimate of drug-likeness (QED) is 0.646. The van der Waals surface area contributed by atoms with Gasteiger partial charge in [0.2, 0.25) is 0 Å². The van der Waals surface area contributed by atoms with Crippen LogP contribution in [0.2, 0.25) is 5.02 Å². The lowest BCUT2D eigenvalue weighted by Gasteiger charge is -2.25. The Morgan fingerprint density at radius 3 is 2.96 bits per heavy atom. The van der Waals surface area contributed by atoms with E-state index in [0.717, 1.165) is 50.8 Å². The molecule has 1 unspecified atom stereocenters. The molecule has 3 aliphatic heterocycles. The zero-order chi connectivity index (χ0) is 18.0. The second-order valence-corrected chi connectivity index (χ2v) is 7.65. The summed E-state index contributed by atoms with van der Waals surface area (Å²) in [6, 6.07) is 3.89. The molecule has 3 heterocycles. The highest BCUT2D eigenvalue weighted by molar-refractivity contribution is 6.32. The highest BCUT2D eigenvalue weighted by Crippen LogP contribution is 2.39. The summed E-state index contributed by atoms with van der Waals surface area (Å²) < 4.78 is 16.9. The first-order valence-corrected chi connectivity index (χ1v) is 9.76. The monoisotopic (exact) mass is 379 g/mol. The fourth-order valence-electron chi connectivity index (χ4n) is 3.93. The summed E-state index contributed by atoms with van der Waals surface area (Å²) in [6.07, 6.45) is 2.33. The van der Waals surface area contributed by atoms with E-state index < -0.39 is 0 Å². The molecule has 0 amide bonds. The summed E-state index contributed by atoms with van der Waals surface area (Å²) in [4.78, 5) is 7.20. The lowest BCUT2D eigenvalue weighted by atomic mass is 9.87. The molecule has 3 aliphatic rings. The van der Waals surface area contributed by atoms with E-state index in [1.165, 1.54) is 6.42 Å². The van der Waals surface area contributed by atoms with Gasteiger partial charge in [-0.05, 0) is 37.5 Å². The van der Waals surface area contributed by atoms with Gasteiger partial charge in [0.1, 0.15) is 13.2 Å². The lowest BCUT2D eigenvalue weighted by molar-refractivity contribution is 0.156. The minimum atomic E-state index is 0.316. The first kappa shape index (κ1) is 17.7. The topological polar surface area (TPSA) is 55.3 Å². The van der Waals surface area contributed by atoms with Gasteiger partial charge in [0.25, 0.3) is 0 Å². The van der Waals surface area contributed by atoms with Gasteiger partial charge in [-0.15, -0.1) is 0 Å². The molecule has 142 valence electrons. The number of halogens is 1. The van der Waals surface area contributed by atoms with Crippen LogP contribution in [0, 0.1) is 5.41 Å². The van der Waals surface area contributed by atoms with Crippen molar-refractivity contribution in [2.75, 3.05) is 46.1 Å². The molecule has 0 aliphatic carbocycles. The van der Waals surface area contributed by atoms with Crippen molar-refractivity contribution in [1.29, 1.82) is 0 Å². The van der Waals surface area contributed by atoms with Gasteiger partial charge < -0.3 is 24.4 Å². The number of likely N-dealkylation sites (tertiary alicyclic amines) is 1. The van der Waals surface area contributed by atoms with Gasteiger partial charge in [0.05, 0.1) is 18.2 Å². The third-order valence-corrected chi connectivity index (χ3v) is 5.61. The molecule has 1 atom stereocenters. The number of aliphatic imine (C=N–C) groups is 1. The van der Waals surface area contributed by atoms with E-state index in [2.05, 4.69) is 17.1 Å². The van der Waals surface area contributed by atoms with Crippen molar-refractivity contribution in [2.45, 2.75) is 26.3 Å². The zero-order valence-corrected chi connectivity index (χ0v) is 16.0. The lowest BCUT2D eigenvalue weighted by Crippen LogP contribution is -2.41. The number of hydrogen-bond donors (Lipinski definition) is 1. The van der Waals surface area contributed by atoms with Crippen molar-refractivity contribution in [2.24, 2.45) is 10.4 Å². The van der Waals surface area contributed by atoms with Crippen molar-refractivity contribution in [3.63, 3.8) is 0 Å². The van der Waals surface area contributed by atoms with E-state index in [9.17, 15) is 0 Å². The summed E-state index contributed by atoms with van der Waals surface area (Å²) >= 11 is 6.34. The van der Waals surface area contributed by atoms with E-state index in [0.29, 0.717) is 41.7 Å². The van der Waals surface area contributed by atoms with Gasteiger partial charge in [0, 0.05) is 31.7 Å². The number of guanidine groups is 1. The Labute approximate surface area is 159 Å². The van der Waals surface area contributed by atoms with Gasteiger partial charge in [-0.3, -0.25) is 0 Å². The van der Waals surface area contributed by atoms with Crippen LogP contribution in [0.5, 0.6) is 11.5 Å². The summed E-state index contributed by atoms with van der Waals surface area (Å²) in [5, 5.41) is 4.01. The van der Waals surface area contributed by atoms with Crippen LogP contribution in [0.25, 0.3) is 0 Å². The molecular weight excluding hydrogens is 354 g/mol. The van der Waals surface area contributed by atoms with Crippen LogP contribution in [0.15, 0.2) is 17.1 Å². The standard InChI is InChI=1S/C19H26ClN3O3/c1-2-21-18(23-5-3-19(12-23)4-6-24-13-19)22-11-14-9-15(20)17-16(10-14)25-7-8-26-17/h9-10H,2-8,11-13H2,1H3,(H,21,22). The summed E-state index contributed by atoms with van der Waals surface area (Å²) in [5.41, 5.74) is 1.34. The van der Waals surface area contributed by atoms with Crippen LogP contribution >= 0.6 is 11.6 Å². The first-order chi connectivity index (χ1) is 12.7. The molecule has 0 aromatic heterocycles. The largest absolute Gasteiger partial charge is 0.486 e. The Morgan fingerprint density at radius 2 is 2.15 bits per heavy atom. The number of nitrogens with zero attached hydrogens (tertiary/aromatic N) is 2. The third kappa shape index (κ3) is 3.58. The molecule has 0 saturated carbocycles. The van der Waals surface area contributed by atoms with Crippen molar-refractivity contribution >= 4 is 17.6 Å². The maximum absolute atomic E-state index is 6.34. The number of nitrogens with one attached hydrogen (secondary N) is 1. The van der Waals surface area contributed by atoms with Gasteiger partial charge >= 0.3 is 0 Å². The zero-order valence-electron chi connectivity index (χ0n) is 15.2. The van der Waals surface area contributed by atoms with E-state index in [-0.39, 0.29) is 0 Å².